The summed E-state index contributed by atoms with van der Waals surface area (Å²) in [6.07, 6.45) is 1.29. The van der Waals surface area contributed by atoms with Crippen LogP contribution in [-0.2, 0) is 0 Å². The first-order chi connectivity index (χ1) is 5.74. The van der Waals surface area contributed by atoms with Crippen molar-refractivity contribution in [2.45, 2.75) is 40.2 Å². The molecule has 2 atom stereocenters. The second-order valence-electron chi connectivity index (χ2n) is 3.59. The van der Waals surface area contributed by atoms with Crippen LogP contribution < -0.4 is 4.90 Å². The average Bonchev–Trinajstić information content (AvgIpc) is 2.41. The molecule has 0 fully saturated rings. The molecule has 2 unspecified atom stereocenters. The molecule has 0 aromatic carbocycles. The summed E-state index contributed by atoms with van der Waals surface area (Å²) in [7, 11) is 0. The number of likely N-dealkylation sites (N-methyl/N-ethyl adjacent to an activating group) is 2. The van der Waals surface area contributed by atoms with Gasteiger partial charge in [-0.3, -0.25) is 0 Å². The predicted molar refractivity (Wildman–Crippen MR) is 51.9 cm³/mol. The van der Waals surface area contributed by atoms with Crippen molar-refractivity contribution in [3.8, 4) is 0 Å². The second-order valence-corrected chi connectivity index (χ2v) is 3.59. The zero-order valence-electron chi connectivity index (χ0n) is 8.85. The van der Waals surface area contributed by atoms with Gasteiger partial charge in [0.05, 0.1) is 13.5 Å². The van der Waals surface area contributed by atoms with Gasteiger partial charge in [-0.25, -0.2) is 4.90 Å². The van der Waals surface area contributed by atoms with Crippen molar-refractivity contribution in [3.63, 3.8) is 0 Å². The second kappa shape index (κ2) is 4.04. The van der Waals surface area contributed by atoms with Gasteiger partial charge < -0.3 is 0 Å². The highest BCUT2D eigenvalue weighted by molar-refractivity contribution is 5.65. The van der Waals surface area contributed by atoms with Gasteiger partial charge in [0, 0.05) is 6.42 Å². The fourth-order valence-corrected chi connectivity index (χ4v) is 2.28. The molecule has 0 bridgehead atoms. The van der Waals surface area contributed by atoms with Gasteiger partial charge >= 0.3 is 5.84 Å². The van der Waals surface area contributed by atoms with Crippen molar-refractivity contribution in [2.75, 3.05) is 19.6 Å². The topological polar surface area (TPSA) is 7.45 Å². The number of nitrogens with zero attached hydrogens (tertiary/aromatic N) is 1. The van der Waals surface area contributed by atoms with E-state index in [0.29, 0.717) is 0 Å². The van der Waals surface area contributed by atoms with Crippen LogP contribution in [0.4, 0.5) is 0 Å². The lowest BCUT2D eigenvalue weighted by Gasteiger charge is -2.04. The summed E-state index contributed by atoms with van der Waals surface area (Å²) in [5.41, 5.74) is 0. The van der Waals surface area contributed by atoms with E-state index in [9.17, 15) is 0 Å². The monoisotopic (exact) mass is 170 g/mol. The molecular weight excluding hydrogens is 148 g/mol. The van der Waals surface area contributed by atoms with Crippen LogP contribution in [0, 0.1) is 0 Å². The average molecular weight is 170 g/mol. The summed E-state index contributed by atoms with van der Waals surface area (Å²) in [4.78, 5) is 1.67. The van der Waals surface area contributed by atoms with E-state index in [1.54, 1.807) is 10.7 Å². The summed E-state index contributed by atoms with van der Waals surface area (Å²) in [6.45, 7) is 12.8. The largest absolute Gasteiger partial charge is 0.333 e. The quantitative estimate of drug-likeness (QED) is 0.576. The van der Waals surface area contributed by atoms with Crippen molar-refractivity contribution in [1.29, 1.82) is 0 Å². The molecule has 0 saturated heterocycles. The molecule has 1 aliphatic rings. The number of rotatable bonds is 3. The molecule has 0 radical (unpaired) electrons. The first kappa shape index (κ1) is 9.72. The Morgan fingerprint density at radius 2 is 2.08 bits per heavy atom. The smallest absolute Gasteiger partial charge is 0.246 e. The Bertz CT molecular complexity index is 184. The van der Waals surface area contributed by atoms with Crippen LogP contribution >= 0.6 is 0 Å². The standard InChI is InChI=1S/C10H21N2/c1-5-10-8-11(6-2)9(4)12(10)7-3/h10H,5-8H2,1-4H3/q+1/p+1. The number of amidine groups is 1. The molecule has 1 rings (SSSR count). The Morgan fingerprint density at radius 3 is 2.42 bits per heavy atom. The molecule has 70 valence electrons. The highest BCUT2D eigenvalue weighted by Crippen LogP contribution is 1.99. The molecule has 0 aliphatic carbocycles. The maximum atomic E-state index is 2.55. The first-order valence-corrected chi connectivity index (χ1v) is 5.19. The number of nitrogens with one attached hydrogen (secondary N) is 1. The van der Waals surface area contributed by atoms with Crippen molar-refractivity contribution < 1.29 is 9.48 Å². The molecule has 0 saturated carbocycles. The van der Waals surface area contributed by atoms with Gasteiger partial charge in [0.15, 0.2) is 0 Å². The van der Waals surface area contributed by atoms with Gasteiger partial charge in [0.25, 0.3) is 0 Å². The summed E-state index contributed by atoms with van der Waals surface area (Å²) < 4.78 is 2.55. The van der Waals surface area contributed by atoms with Gasteiger partial charge in [-0.05, 0) is 13.8 Å². The lowest BCUT2D eigenvalue weighted by Crippen LogP contribution is -3.13. The van der Waals surface area contributed by atoms with E-state index >= 15 is 0 Å². The highest BCUT2D eigenvalue weighted by Gasteiger charge is 2.37. The lowest BCUT2D eigenvalue weighted by atomic mass is 10.2. The van der Waals surface area contributed by atoms with Gasteiger partial charge in [-0.15, -0.1) is 0 Å². The third-order valence-electron chi connectivity index (χ3n) is 3.10. The minimum atomic E-state index is 0.796. The van der Waals surface area contributed by atoms with Crippen LogP contribution in [0.3, 0.4) is 0 Å². The van der Waals surface area contributed by atoms with Crippen LogP contribution in [0.25, 0.3) is 0 Å². The van der Waals surface area contributed by atoms with Crippen LogP contribution in [0.2, 0.25) is 0 Å². The van der Waals surface area contributed by atoms with Crippen molar-refractivity contribution in [1.82, 2.24) is 0 Å². The molecule has 1 N–H and O–H groups in total. The third-order valence-corrected chi connectivity index (χ3v) is 3.10. The van der Waals surface area contributed by atoms with E-state index in [1.807, 2.05) is 0 Å². The van der Waals surface area contributed by atoms with Gasteiger partial charge in [-0.1, -0.05) is 6.92 Å². The Hall–Kier alpha value is -0.370. The number of hydrogen-bond donors (Lipinski definition) is 1. The molecular formula is C10H22N2+2. The molecule has 2 nitrogen and oxygen atoms in total. The molecule has 0 spiro atoms. The molecule has 0 aromatic rings. The zero-order valence-corrected chi connectivity index (χ0v) is 8.85. The van der Waals surface area contributed by atoms with Crippen LogP contribution in [0.1, 0.15) is 34.1 Å². The van der Waals surface area contributed by atoms with Crippen LogP contribution in [0.15, 0.2) is 0 Å². The van der Waals surface area contributed by atoms with E-state index in [2.05, 4.69) is 32.3 Å². The summed E-state index contributed by atoms with van der Waals surface area (Å²) in [5, 5.41) is 0. The van der Waals surface area contributed by atoms with E-state index < -0.39 is 0 Å². The summed E-state index contributed by atoms with van der Waals surface area (Å²) in [6, 6.07) is 0.796. The van der Waals surface area contributed by atoms with E-state index in [4.69, 9.17) is 0 Å². The Kier molecular flexibility index (Phi) is 3.27. The van der Waals surface area contributed by atoms with Crippen molar-refractivity contribution >= 4 is 5.84 Å². The fraction of sp³-hybridized carbons (Fsp3) is 0.900. The Morgan fingerprint density at radius 1 is 1.42 bits per heavy atom. The molecule has 0 aromatic heterocycles. The molecule has 12 heavy (non-hydrogen) atoms. The molecule has 1 aliphatic heterocycles. The number of hydrogen-bond acceptors (Lipinski definition) is 0. The normalized spacial score (nSPS) is 30.0. The van der Waals surface area contributed by atoms with Gasteiger partial charge in [0.1, 0.15) is 13.1 Å². The maximum Gasteiger partial charge on any atom is 0.333 e. The SMILES string of the molecule is CCC1C[NH+](CC)C(C)=[N+]1CC. The predicted octanol–water partition coefficient (Wildman–Crippen LogP) is 0.134. The van der Waals surface area contributed by atoms with Gasteiger partial charge in [0.2, 0.25) is 6.04 Å². The van der Waals surface area contributed by atoms with E-state index in [1.165, 1.54) is 26.1 Å². The molecule has 0 amide bonds. The zero-order chi connectivity index (χ0) is 9.14. The highest BCUT2D eigenvalue weighted by atomic mass is 15.3. The molecule has 1 heterocycles. The fourth-order valence-electron chi connectivity index (χ4n) is 2.28. The minimum absolute atomic E-state index is 0.796. The Balaban J connectivity index is 2.77. The lowest BCUT2D eigenvalue weighted by molar-refractivity contribution is -0.800. The van der Waals surface area contributed by atoms with E-state index in [-0.39, 0.29) is 0 Å². The van der Waals surface area contributed by atoms with Gasteiger partial charge in [-0.2, -0.15) is 4.58 Å². The first-order valence-electron chi connectivity index (χ1n) is 5.19. The van der Waals surface area contributed by atoms with Crippen LogP contribution in [0.5, 0.6) is 0 Å². The van der Waals surface area contributed by atoms with E-state index in [0.717, 1.165) is 6.04 Å². The van der Waals surface area contributed by atoms with Crippen LogP contribution in [-0.4, -0.2) is 36.1 Å². The molecule has 2 heteroatoms. The van der Waals surface area contributed by atoms with Crippen molar-refractivity contribution in [2.24, 2.45) is 0 Å². The maximum absolute atomic E-state index is 2.55. The Labute approximate surface area is 75.9 Å². The summed E-state index contributed by atoms with van der Waals surface area (Å²) in [5.74, 6) is 1.55. The minimum Gasteiger partial charge on any atom is -0.246 e. The summed E-state index contributed by atoms with van der Waals surface area (Å²) >= 11 is 0. The van der Waals surface area contributed by atoms with Crippen molar-refractivity contribution in [3.05, 3.63) is 0 Å². The third kappa shape index (κ3) is 1.53. The number of quaternary nitrogens is 1.